The van der Waals surface area contributed by atoms with Gasteiger partial charge in [0.1, 0.15) is 5.54 Å². The van der Waals surface area contributed by atoms with Gasteiger partial charge in [-0.15, -0.1) is 0 Å². The van der Waals surface area contributed by atoms with Crippen LogP contribution in [-0.2, 0) is 9.53 Å². The van der Waals surface area contributed by atoms with Gasteiger partial charge in [0.05, 0.1) is 6.10 Å². The Labute approximate surface area is 88.2 Å². The number of nitrogens with two attached hydrogens (primary N) is 1. The number of carbonyl (C=O) groups is 1. The second-order valence-corrected chi connectivity index (χ2v) is 3.87. The van der Waals surface area contributed by atoms with E-state index in [0.717, 1.165) is 0 Å². The molecule has 0 aromatic carbocycles. The Balaban J connectivity index is 2.43. The molecule has 5 N–H and O–H groups in total. The summed E-state index contributed by atoms with van der Waals surface area (Å²) in [6, 6.07) is 0. The van der Waals surface area contributed by atoms with Crippen LogP contribution in [0.25, 0.3) is 0 Å². The topological polar surface area (TPSA) is 113 Å². The molecule has 1 aliphatic rings. The van der Waals surface area contributed by atoms with E-state index in [1.54, 1.807) is 0 Å². The van der Waals surface area contributed by atoms with Crippen LogP contribution in [0.5, 0.6) is 0 Å². The Morgan fingerprint density at radius 3 is 2.80 bits per heavy atom. The third-order valence-electron chi connectivity index (χ3n) is 2.74. The molecule has 2 unspecified atom stereocenters. The normalized spacial score (nSPS) is 30.5. The lowest BCUT2D eigenvalue weighted by molar-refractivity contribution is -0.145. The van der Waals surface area contributed by atoms with E-state index in [0.29, 0.717) is 25.9 Å². The summed E-state index contributed by atoms with van der Waals surface area (Å²) >= 11 is 0. The minimum atomic E-state index is -1.36. The van der Waals surface area contributed by atoms with Gasteiger partial charge in [0.15, 0.2) is 0 Å². The summed E-state index contributed by atoms with van der Waals surface area (Å²) in [4.78, 5) is 10.9. The standard InChI is InChI=1S/C8H16BNO5/c10-8(7(11)12)3-5-15-6(8)2-1-4-9(13)14/h6,13-14H,1-5,10H2,(H,11,12). The van der Waals surface area contributed by atoms with Gasteiger partial charge in [-0.25, -0.2) is 0 Å². The van der Waals surface area contributed by atoms with Crippen LogP contribution in [0.1, 0.15) is 19.3 Å². The molecular weight excluding hydrogens is 201 g/mol. The van der Waals surface area contributed by atoms with Gasteiger partial charge in [-0.2, -0.15) is 0 Å². The number of rotatable bonds is 5. The lowest BCUT2D eigenvalue weighted by Gasteiger charge is -2.24. The van der Waals surface area contributed by atoms with E-state index in [-0.39, 0.29) is 6.32 Å². The van der Waals surface area contributed by atoms with Crippen LogP contribution in [0.4, 0.5) is 0 Å². The monoisotopic (exact) mass is 217 g/mol. The first kappa shape index (κ1) is 12.4. The zero-order valence-electron chi connectivity index (χ0n) is 8.43. The highest BCUT2D eigenvalue weighted by Crippen LogP contribution is 2.27. The van der Waals surface area contributed by atoms with Crippen molar-refractivity contribution in [1.29, 1.82) is 0 Å². The molecular formula is C8H16BNO5. The molecule has 0 aromatic heterocycles. The van der Waals surface area contributed by atoms with E-state index in [4.69, 9.17) is 25.6 Å². The van der Waals surface area contributed by atoms with Gasteiger partial charge in [0.25, 0.3) is 0 Å². The summed E-state index contributed by atoms with van der Waals surface area (Å²) in [7, 11) is -1.36. The molecule has 1 heterocycles. The Morgan fingerprint density at radius 2 is 2.27 bits per heavy atom. The molecule has 1 aliphatic heterocycles. The highest BCUT2D eigenvalue weighted by Gasteiger charge is 2.46. The number of aliphatic carboxylic acids is 1. The highest BCUT2D eigenvalue weighted by atomic mass is 16.5. The quantitative estimate of drug-likeness (QED) is 0.430. The van der Waals surface area contributed by atoms with Crippen molar-refractivity contribution in [2.75, 3.05) is 6.61 Å². The molecule has 0 spiro atoms. The molecule has 6 nitrogen and oxygen atoms in total. The van der Waals surface area contributed by atoms with Gasteiger partial charge >= 0.3 is 13.1 Å². The van der Waals surface area contributed by atoms with Crippen molar-refractivity contribution in [3.05, 3.63) is 0 Å². The average Bonchev–Trinajstić information content (AvgIpc) is 2.49. The molecule has 1 fully saturated rings. The van der Waals surface area contributed by atoms with E-state index in [2.05, 4.69) is 0 Å². The van der Waals surface area contributed by atoms with E-state index in [1.807, 2.05) is 0 Å². The van der Waals surface area contributed by atoms with Gasteiger partial charge < -0.3 is 25.6 Å². The van der Waals surface area contributed by atoms with Crippen LogP contribution in [-0.4, -0.2) is 46.5 Å². The van der Waals surface area contributed by atoms with Crippen molar-refractivity contribution in [3.63, 3.8) is 0 Å². The van der Waals surface area contributed by atoms with Gasteiger partial charge in [-0.1, -0.05) is 6.42 Å². The van der Waals surface area contributed by atoms with Crippen molar-refractivity contribution in [3.8, 4) is 0 Å². The fourth-order valence-electron chi connectivity index (χ4n) is 1.75. The van der Waals surface area contributed by atoms with E-state index < -0.39 is 24.7 Å². The van der Waals surface area contributed by atoms with Gasteiger partial charge in [-0.3, -0.25) is 4.79 Å². The largest absolute Gasteiger partial charge is 0.480 e. The molecule has 0 radical (unpaired) electrons. The number of hydrogen-bond acceptors (Lipinski definition) is 5. The third kappa shape index (κ3) is 2.91. The van der Waals surface area contributed by atoms with Gasteiger partial charge in [0, 0.05) is 13.0 Å². The predicted octanol–water partition coefficient (Wildman–Crippen LogP) is -1.19. The Hall–Kier alpha value is -0.625. The summed E-state index contributed by atoms with van der Waals surface area (Å²) in [5.41, 5.74) is 4.39. The van der Waals surface area contributed by atoms with Crippen molar-refractivity contribution >= 4 is 13.1 Å². The zero-order valence-corrected chi connectivity index (χ0v) is 8.43. The summed E-state index contributed by atoms with van der Waals surface area (Å²) < 4.78 is 5.24. The van der Waals surface area contributed by atoms with Crippen molar-refractivity contribution in [2.45, 2.75) is 37.2 Å². The minimum absolute atomic E-state index is 0.204. The SMILES string of the molecule is NC1(C(=O)O)CCOC1CCCB(O)O. The maximum Gasteiger partial charge on any atom is 0.451 e. The van der Waals surface area contributed by atoms with Crippen LogP contribution < -0.4 is 5.73 Å². The second-order valence-electron chi connectivity index (χ2n) is 3.87. The van der Waals surface area contributed by atoms with Crippen LogP contribution in [0.3, 0.4) is 0 Å². The third-order valence-corrected chi connectivity index (χ3v) is 2.74. The van der Waals surface area contributed by atoms with Crippen LogP contribution >= 0.6 is 0 Å². The number of carboxylic acid groups (broad SMARTS) is 1. The molecule has 15 heavy (non-hydrogen) atoms. The Kier molecular flexibility index (Phi) is 4.09. The van der Waals surface area contributed by atoms with Crippen molar-refractivity contribution < 1.29 is 24.7 Å². The molecule has 1 rings (SSSR count). The fourth-order valence-corrected chi connectivity index (χ4v) is 1.75. The number of carboxylic acids is 1. The summed E-state index contributed by atoms with van der Waals surface area (Å²) in [5, 5.41) is 26.2. The first-order chi connectivity index (χ1) is 6.97. The highest BCUT2D eigenvalue weighted by molar-refractivity contribution is 6.40. The molecule has 86 valence electrons. The Morgan fingerprint density at radius 1 is 1.60 bits per heavy atom. The van der Waals surface area contributed by atoms with Crippen LogP contribution in [0, 0.1) is 0 Å². The summed E-state index contributed by atoms with van der Waals surface area (Å²) in [6.07, 6.45) is 0.882. The molecule has 7 heteroatoms. The molecule has 0 amide bonds. The lowest BCUT2D eigenvalue weighted by atomic mass is 9.81. The van der Waals surface area contributed by atoms with Crippen LogP contribution in [0.15, 0.2) is 0 Å². The maximum atomic E-state index is 10.9. The maximum absolute atomic E-state index is 10.9. The lowest BCUT2D eigenvalue weighted by Crippen LogP contribution is -2.54. The fraction of sp³-hybridized carbons (Fsp3) is 0.875. The summed E-state index contributed by atoms with van der Waals surface area (Å²) in [6.45, 7) is 0.342. The van der Waals surface area contributed by atoms with Gasteiger partial charge in [0.2, 0.25) is 0 Å². The first-order valence-electron chi connectivity index (χ1n) is 4.97. The van der Waals surface area contributed by atoms with Gasteiger partial charge in [-0.05, 0) is 12.7 Å². The molecule has 1 saturated heterocycles. The smallest absolute Gasteiger partial charge is 0.451 e. The zero-order chi connectivity index (χ0) is 11.5. The molecule has 2 atom stereocenters. The first-order valence-corrected chi connectivity index (χ1v) is 4.97. The van der Waals surface area contributed by atoms with Crippen molar-refractivity contribution in [2.24, 2.45) is 5.73 Å². The molecule has 0 bridgehead atoms. The average molecular weight is 217 g/mol. The second kappa shape index (κ2) is 4.93. The molecule has 0 aromatic rings. The molecule has 0 aliphatic carbocycles. The molecule has 0 saturated carbocycles. The van der Waals surface area contributed by atoms with E-state index in [1.165, 1.54) is 0 Å². The predicted molar refractivity (Wildman–Crippen MR) is 53.1 cm³/mol. The number of ether oxygens (including phenoxy) is 1. The Bertz CT molecular complexity index is 237. The summed E-state index contributed by atoms with van der Waals surface area (Å²) in [5.74, 6) is -1.06. The minimum Gasteiger partial charge on any atom is -0.480 e. The van der Waals surface area contributed by atoms with E-state index >= 15 is 0 Å². The van der Waals surface area contributed by atoms with E-state index in [9.17, 15) is 4.79 Å². The van der Waals surface area contributed by atoms with Crippen molar-refractivity contribution in [1.82, 2.24) is 0 Å². The van der Waals surface area contributed by atoms with Crippen LogP contribution in [0.2, 0.25) is 6.32 Å². The number of hydrogen-bond donors (Lipinski definition) is 4.